The first-order valence-corrected chi connectivity index (χ1v) is 8.16. The highest BCUT2D eigenvalue weighted by atomic mass is 16.7. The number of ether oxygens (including phenoxy) is 3. The minimum absolute atomic E-state index is 0.238. The maximum atomic E-state index is 8.99. The average Bonchev–Trinajstić information content (AvgIpc) is 3.15. The van der Waals surface area contributed by atoms with Crippen molar-refractivity contribution in [1.82, 2.24) is 0 Å². The third-order valence-electron chi connectivity index (χ3n) is 3.98. The molecule has 4 nitrogen and oxygen atoms in total. The summed E-state index contributed by atoms with van der Waals surface area (Å²) >= 11 is 0. The zero-order valence-corrected chi connectivity index (χ0v) is 13.9. The summed E-state index contributed by atoms with van der Waals surface area (Å²) in [6.07, 6.45) is 9.02. The van der Waals surface area contributed by atoms with Crippen LogP contribution in [0.15, 0.2) is 84.4 Å². The summed E-state index contributed by atoms with van der Waals surface area (Å²) in [6.45, 7) is 0.238. The fourth-order valence-electron chi connectivity index (χ4n) is 2.75. The van der Waals surface area contributed by atoms with E-state index in [1.165, 1.54) is 6.08 Å². The van der Waals surface area contributed by atoms with Gasteiger partial charge in [-0.15, -0.1) is 0 Å². The van der Waals surface area contributed by atoms with Gasteiger partial charge < -0.3 is 14.2 Å². The van der Waals surface area contributed by atoms with Crippen LogP contribution in [0, 0.1) is 11.3 Å². The van der Waals surface area contributed by atoms with E-state index < -0.39 is 0 Å². The zero-order valence-electron chi connectivity index (χ0n) is 13.9. The third kappa shape index (κ3) is 3.38. The Balaban J connectivity index is 1.67. The van der Waals surface area contributed by atoms with Gasteiger partial charge in [-0.1, -0.05) is 42.5 Å². The van der Waals surface area contributed by atoms with Gasteiger partial charge in [-0.2, -0.15) is 5.26 Å². The summed E-state index contributed by atoms with van der Waals surface area (Å²) in [4.78, 5) is 0. The summed E-state index contributed by atoms with van der Waals surface area (Å²) in [7, 11) is 0. The van der Waals surface area contributed by atoms with Crippen molar-refractivity contribution in [2.45, 2.75) is 0 Å². The molecule has 0 saturated carbocycles. The standard InChI is InChI=1S/C22H15NO3/c23-11-10-20-13-18(17-7-9-21-22(14-17)25-15-24-21)12-19(26-20)8-6-16-4-2-1-3-5-16/h1-10,12-14H,15H2/b8-6+,20-10-. The van der Waals surface area contributed by atoms with Crippen LogP contribution >= 0.6 is 0 Å². The molecule has 2 heterocycles. The van der Waals surface area contributed by atoms with Crippen LogP contribution in [-0.2, 0) is 4.74 Å². The molecular weight excluding hydrogens is 326 g/mol. The third-order valence-corrected chi connectivity index (χ3v) is 3.98. The monoisotopic (exact) mass is 341 g/mol. The quantitative estimate of drug-likeness (QED) is 0.750. The first kappa shape index (κ1) is 15.8. The smallest absolute Gasteiger partial charge is 0.231 e. The maximum Gasteiger partial charge on any atom is 0.231 e. The van der Waals surface area contributed by atoms with E-state index in [0.29, 0.717) is 11.5 Å². The van der Waals surface area contributed by atoms with Gasteiger partial charge in [0.2, 0.25) is 6.79 Å². The molecule has 0 aromatic heterocycles. The normalized spacial score (nSPS) is 16.8. The lowest BCUT2D eigenvalue weighted by Crippen LogP contribution is -1.97. The lowest BCUT2D eigenvalue weighted by molar-refractivity contribution is 0.174. The highest BCUT2D eigenvalue weighted by Crippen LogP contribution is 2.36. The van der Waals surface area contributed by atoms with Gasteiger partial charge in [-0.3, -0.25) is 0 Å². The number of rotatable bonds is 3. The number of benzene rings is 2. The summed E-state index contributed by atoms with van der Waals surface area (Å²) in [6, 6.07) is 17.8. The molecule has 0 saturated heterocycles. The van der Waals surface area contributed by atoms with Crippen LogP contribution in [0.1, 0.15) is 11.1 Å². The molecular formula is C22H15NO3. The van der Waals surface area contributed by atoms with E-state index in [-0.39, 0.29) is 6.79 Å². The Hall–Kier alpha value is -3.71. The predicted octanol–water partition coefficient (Wildman–Crippen LogP) is 4.83. The molecule has 0 aliphatic carbocycles. The largest absolute Gasteiger partial charge is 0.457 e. The molecule has 2 aliphatic heterocycles. The molecule has 2 aromatic rings. The fraction of sp³-hybridized carbons (Fsp3) is 0.0455. The Bertz CT molecular complexity index is 992. The Morgan fingerprint density at radius 3 is 2.62 bits per heavy atom. The number of nitriles is 1. The van der Waals surface area contributed by atoms with Crippen molar-refractivity contribution in [2.24, 2.45) is 0 Å². The van der Waals surface area contributed by atoms with Gasteiger partial charge >= 0.3 is 0 Å². The molecule has 0 radical (unpaired) electrons. The summed E-state index contributed by atoms with van der Waals surface area (Å²) in [5.41, 5.74) is 2.97. The maximum absolute atomic E-state index is 8.99. The van der Waals surface area contributed by atoms with Gasteiger partial charge in [0.1, 0.15) is 11.5 Å². The van der Waals surface area contributed by atoms with Crippen LogP contribution in [0.5, 0.6) is 11.5 Å². The van der Waals surface area contributed by atoms with Crippen molar-refractivity contribution >= 4 is 11.6 Å². The van der Waals surface area contributed by atoms with Crippen molar-refractivity contribution in [3.63, 3.8) is 0 Å². The van der Waals surface area contributed by atoms with E-state index in [9.17, 15) is 0 Å². The first-order valence-electron chi connectivity index (χ1n) is 8.16. The second-order valence-electron chi connectivity index (χ2n) is 5.74. The van der Waals surface area contributed by atoms with Gasteiger partial charge in [0, 0.05) is 0 Å². The minimum Gasteiger partial charge on any atom is -0.457 e. The van der Waals surface area contributed by atoms with Crippen LogP contribution < -0.4 is 9.47 Å². The van der Waals surface area contributed by atoms with Gasteiger partial charge in [-0.25, -0.2) is 0 Å². The number of hydrogen-bond acceptors (Lipinski definition) is 4. The summed E-state index contributed by atoms with van der Waals surface area (Å²) < 4.78 is 16.6. The molecule has 4 heteroatoms. The molecule has 0 N–H and O–H groups in total. The molecule has 0 atom stereocenters. The molecule has 0 bridgehead atoms. The molecule has 4 rings (SSSR count). The van der Waals surface area contributed by atoms with Crippen LogP contribution in [0.25, 0.3) is 11.6 Å². The van der Waals surface area contributed by atoms with E-state index in [1.54, 1.807) is 0 Å². The number of nitrogens with zero attached hydrogens (tertiary/aromatic N) is 1. The van der Waals surface area contributed by atoms with Gasteiger partial charge in [0.25, 0.3) is 0 Å². The highest BCUT2D eigenvalue weighted by Gasteiger charge is 2.16. The first-order chi connectivity index (χ1) is 12.8. The van der Waals surface area contributed by atoms with Crippen LogP contribution in [0.3, 0.4) is 0 Å². The van der Waals surface area contributed by atoms with Crippen LogP contribution in [0.2, 0.25) is 0 Å². The molecule has 0 amide bonds. The van der Waals surface area contributed by atoms with E-state index >= 15 is 0 Å². The van der Waals surface area contributed by atoms with Gasteiger partial charge in [0.05, 0.1) is 12.1 Å². The van der Waals surface area contributed by atoms with Crippen LogP contribution in [-0.4, -0.2) is 6.79 Å². The molecule has 0 spiro atoms. The topological polar surface area (TPSA) is 51.5 Å². The minimum atomic E-state index is 0.238. The highest BCUT2D eigenvalue weighted by molar-refractivity contribution is 5.79. The van der Waals surface area contributed by atoms with E-state index in [1.807, 2.05) is 78.9 Å². The van der Waals surface area contributed by atoms with Crippen molar-refractivity contribution in [3.8, 4) is 17.6 Å². The van der Waals surface area contributed by atoms with E-state index in [2.05, 4.69) is 0 Å². The summed E-state index contributed by atoms with van der Waals surface area (Å²) in [5.74, 6) is 2.61. The number of fused-ring (bicyclic) bond motifs is 1. The van der Waals surface area contributed by atoms with Crippen molar-refractivity contribution in [3.05, 3.63) is 95.5 Å². The lowest BCUT2D eigenvalue weighted by Gasteiger charge is -2.15. The molecule has 0 unspecified atom stereocenters. The second kappa shape index (κ2) is 7.04. The molecule has 2 aliphatic rings. The molecule has 26 heavy (non-hydrogen) atoms. The molecule has 0 fully saturated rings. The lowest BCUT2D eigenvalue weighted by atomic mass is 10.0. The van der Waals surface area contributed by atoms with E-state index in [4.69, 9.17) is 19.5 Å². The van der Waals surface area contributed by atoms with Gasteiger partial charge in [-0.05, 0) is 47.1 Å². The average molecular weight is 341 g/mol. The molecule has 126 valence electrons. The SMILES string of the molecule is N#C/C=C1/C=C(c2ccc3c(c2)OCO3)C=C(/C=C/c2ccccc2)O1. The molecule has 2 aromatic carbocycles. The zero-order chi connectivity index (χ0) is 17.8. The summed E-state index contributed by atoms with van der Waals surface area (Å²) in [5, 5.41) is 8.99. The second-order valence-corrected chi connectivity index (χ2v) is 5.74. The van der Waals surface area contributed by atoms with E-state index in [0.717, 1.165) is 28.2 Å². The number of hydrogen-bond donors (Lipinski definition) is 0. The number of allylic oxidation sites excluding steroid dienone is 5. The Labute approximate surface area is 151 Å². The predicted molar refractivity (Wildman–Crippen MR) is 98.9 cm³/mol. The fourth-order valence-corrected chi connectivity index (χ4v) is 2.75. The Morgan fingerprint density at radius 2 is 1.77 bits per heavy atom. The van der Waals surface area contributed by atoms with Crippen molar-refractivity contribution in [1.29, 1.82) is 5.26 Å². The van der Waals surface area contributed by atoms with Crippen molar-refractivity contribution < 1.29 is 14.2 Å². The van der Waals surface area contributed by atoms with Gasteiger partial charge in [0.15, 0.2) is 11.5 Å². The Kier molecular flexibility index (Phi) is 4.28. The van der Waals surface area contributed by atoms with Crippen molar-refractivity contribution in [2.75, 3.05) is 6.79 Å². The van der Waals surface area contributed by atoms with Crippen LogP contribution in [0.4, 0.5) is 0 Å². The Morgan fingerprint density at radius 1 is 0.923 bits per heavy atom.